The summed E-state index contributed by atoms with van der Waals surface area (Å²) in [5, 5.41) is 0. The first-order valence-corrected chi connectivity index (χ1v) is 10.4. The maximum absolute atomic E-state index is 12.9. The van der Waals surface area contributed by atoms with Crippen LogP contribution in [0.3, 0.4) is 0 Å². The van der Waals surface area contributed by atoms with Gasteiger partial charge in [-0.25, -0.2) is 4.98 Å². The third-order valence-electron chi connectivity index (χ3n) is 6.01. The van der Waals surface area contributed by atoms with Crippen LogP contribution in [-0.4, -0.2) is 38.4 Å². The van der Waals surface area contributed by atoms with Gasteiger partial charge in [-0.2, -0.15) is 0 Å². The Labute approximate surface area is 172 Å². The second-order valence-electron chi connectivity index (χ2n) is 7.98. The Balaban J connectivity index is 1.39. The third-order valence-corrected chi connectivity index (χ3v) is 6.01. The van der Waals surface area contributed by atoms with Gasteiger partial charge in [0.2, 0.25) is 5.91 Å². The van der Waals surface area contributed by atoms with Gasteiger partial charge >= 0.3 is 0 Å². The largest absolute Gasteiger partial charge is 0.342 e. The van der Waals surface area contributed by atoms with E-state index in [-0.39, 0.29) is 11.8 Å². The molecule has 2 aromatic heterocycles. The highest BCUT2D eigenvalue weighted by Crippen LogP contribution is 2.26. The van der Waals surface area contributed by atoms with Crippen molar-refractivity contribution in [1.82, 2.24) is 19.4 Å². The fraction of sp³-hybridized carbons (Fsp3) is 0.375. The van der Waals surface area contributed by atoms with Crippen LogP contribution in [0.2, 0.25) is 0 Å². The summed E-state index contributed by atoms with van der Waals surface area (Å²) in [5.41, 5.74) is 3.31. The number of imidazole rings is 1. The molecule has 0 radical (unpaired) electrons. The van der Waals surface area contributed by atoms with Gasteiger partial charge in [-0.15, -0.1) is 0 Å². The fourth-order valence-electron chi connectivity index (χ4n) is 4.17. The second-order valence-corrected chi connectivity index (χ2v) is 7.98. The van der Waals surface area contributed by atoms with Crippen molar-refractivity contribution in [2.75, 3.05) is 13.1 Å². The van der Waals surface area contributed by atoms with Crippen molar-refractivity contribution in [2.45, 2.75) is 39.2 Å². The van der Waals surface area contributed by atoms with Crippen LogP contribution >= 0.6 is 0 Å². The third kappa shape index (κ3) is 4.24. The van der Waals surface area contributed by atoms with Gasteiger partial charge in [0.1, 0.15) is 5.82 Å². The van der Waals surface area contributed by atoms with Gasteiger partial charge in [-0.3, -0.25) is 9.78 Å². The normalized spacial score (nSPS) is 16.0. The van der Waals surface area contributed by atoms with Gasteiger partial charge in [-0.1, -0.05) is 30.3 Å². The van der Waals surface area contributed by atoms with Crippen molar-refractivity contribution in [2.24, 2.45) is 5.92 Å². The number of likely N-dealkylation sites (tertiary alicyclic amines) is 1. The molecule has 0 spiro atoms. The van der Waals surface area contributed by atoms with E-state index in [2.05, 4.69) is 27.5 Å². The van der Waals surface area contributed by atoms with Crippen LogP contribution in [0.25, 0.3) is 11.4 Å². The summed E-state index contributed by atoms with van der Waals surface area (Å²) in [4.78, 5) is 23.8. The number of carbonyl (C=O) groups is 1. The van der Waals surface area contributed by atoms with Crippen LogP contribution in [0.4, 0.5) is 0 Å². The number of nitrogens with zero attached hydrogens (tertiary/aromatic N) is 4. The molecule has 0 bridgehead atoms. The first kappa shape index (κ1) is 19.4. The molecule has 150 valence electrons. The van der Waals surface area contributed by atoms with Crippen LogP contribution in [0.15, 0.2) is 61.1 Å². The number of aryl methyl sites for hydroxylation is 1. The minimum Gasteiger partial charge on any atom is -0.342 e. The molecule has 1 amide bonds. The molecule has 0 N–H and O–H groups in total. The zero-order valence-corrected chi connectivity index (χ0v) is 17.2. The quantitative estimate of drug-likeness (QED) is 0.655. The summed E-state index contributed by atoms with van der Waals surface area (Å²) in [5.74, 6) is 1.69. The molecule has 1 fully saturated rings. The summed E-state index contributed by atoms with van der Waals surface area (Å²) in [7, 11) is 0. The summed E-state index contributed by atoms with van der Waals surface area (Å²) in [6, 6.07) is 14.1. The Hall–Kier alpha value is -2.95. The summed E-state index contributed by atoms with van der Waals surface area (Å²) < 4.78 is 2.30. The molecule has 1 aromatic carbocycles. The molecule has 5 heteroatoms. The average Bonchev–Trinajstić information content (AvgIpc) is 3.14. The number of hydrogen-bond donors (Lipinski definition) is 0. The monoisotopic (exact) mass is 388 g/mol. The average molecular weight is 389 g/mol. The first-order chi connectivity index (χ1) is 14.1. The highest BCUT2D eigenvalue weighted by atomic mass is 16.2. The zero-order valence-electron chi connectivity index (χ0n) is 17.2. The van der Waals surface area contributed by atoms with E-state index in [9.17, 15) is 4.79 Å². The Morgan fingerprint density at radius 1 is 1.10 bits per heavy atom. The van der Waals surface area contributed by atoms with E-state index in [0.29, 0.717) is 5.92 Å². The molecule has 5 nitrogen and oxygen atoms in total. The number of carbonyl (C=O) groups excluding carboxylic acids is 1. The minimum absolute atomic E-state index is 0.0826. The Morgan fingerprint density at radius 2 is 1.86 bits per heavy atom. The lowest BCUT2D eigenvalue weighted by molar-refractivity contribution is -0.133. The predicted molar refractivity (Wildman–Crippen MR) is 114 cm³/mol. The number of amides is 1. The number of pyridine rings is 1. The smallest absolute Gasteiger partial charge is 0.229 e. The molecular formula is C24H28N4O. The Kier molecular flexibility index (Phi) is 5.74. The van der Waals surface area contributed by atoms with Gasteiger partial charge in [0.25, 0.3) is 0 Å². The van der Waals surface area contributed by atoms with Crippen molar-refractivity contribution in [3.8, 4) is 11.4 Å². The predicted octanol–water partition coefficient (Wildman–Crippen LogP) is 4.30. The molecule has 3 heterocycles. The summed E-state index contributed by atoms with van der Waals surface area (Å²) >= 11 is 0. The van der Waals surface area contributed by atoms with Crippen molar-refractivity contribution >= 4 is 5.91 Å². The lowest BCUT2D eigenvalue weighted by Crippen LogP contribution is -2.41. The molecule has 0 saturated carbocycles. The van der Waals surface area contributed by atoms with E-state index in [4.69, 9.17) is 0 Å². The first-order valence-electron chi connectivity index (χ1n) is 10.4. The SMILES string of the molecule is Cc1cnc(-c2cccnc2)n1CC1CCN(C(=O)C(C)c2ccccc2)CC1. The molecule has 1 saturated heterocycles. The van der Waals surface area contributed by atoms with E-state index in [1.54, 1.807) is 6.20 Å². The van der Waals surface area contributed by atoms with Gasteiger partial charge < -0.3 is 9.47 Å². The number of rotatable bonds is 5. The number of hydrogen-bond acceptors (Lipinski definition) is 3. The number of benzene rings is 1. The molecular weight excluding hydrogens is 360 g/mol. The van der Waals surface area contributed by atoms with Crippen LogP contribution in [-0.2, 0) is 11.3 Å². The van der Waals surface area contributed by atoms with Crippen LogP contribution in [0.1, 0.15) is 36.9 Å². The molecule has 1 aliphatic heterocycles. The van der Waals surface area contributed by atoms with Gasteiger partial charge in [0, 0.05) is 49.5 Å². The Bertz CT molecular complexity index is 944. The molecule has 0 aliphatic carbocycles. The lowest BCUT2D eigenvalue weighted by atomic mass is 9.94. The van der Waals surface area contributed by atoms with Crippen molar-refractivity contribution in [3.05, 3.63) is 72.3 Å². The minimum atomic E-state index is -0.0826. The van der Waals surface area contributed by atoms with E-state index in [1.807, 2.05) is 60.6 Å². The molecule has 29 heavy (non-hydrogen) atoms. The van der Waals surface area contributed by atoms with Gasteiger partial charge in [0.15, 0.2) is 0 Å². The van der Waals surface area contributed by atoms with Crippen molar-refractivity contribution in [3.63, 3.8) is 0 Å². The molecule has 1 aliphatic rings. The zero-order chi connectivity index (χ0) is 20.2. The molecule has 3 aromatic rings. The van der Waals surface area contributed by atoms with E-state index >= 15 is 0 Å². The highest BCUT2D eigenvalue weighted by Gasteiger charge is 2.27. The maximum Gasteiger partial charge on any atom is 0.229 e. The summed E-state index contributed by atoms with van der Waals surface area (Å²) in [6.07, 6.45) is 7.63. The Morgan fingerprint density at radius 3 is 2.55 bits per heavy atom. The second kappa shape index (κ2) is 8.60. The van der Waals surface area contributed by atoms with Gasteiger partial charge in [0.05, 0.1) is 5.92 Å². The number of piperidine rings is 1. The van der Waals surface area contributed by atoms with Crippen LogP contribution in [0, 0.1) is 12.8 Å². The maximum atomic E-state index is 12.9. The standard InChI is InChI=1S/C24H28N4O/c1-18-15-26-23(22-9-6-12-25-16-22)28(18)17-20-10-13-27(14-11-20)24(29)19(2)21-7-4-3-5-8-21/h3-9,12,15-16,19-20H,10-11,13-14,17H2,1-2H3. The fourth-order valence-corrected chi connectivity index (χ4v) is 4.17. The van der Waals surface area contributed by atoms with E-state index in [0.717, 1.165) is 49.4 Å². The highest BCUT2D eigenvalue weighted by molar-refractivity contribution is 5.83. The molecule has 1 unspecified atom stereocenters. The van der Waals surface area contributed by atoms with Crippen molar-refractivity contribution in [1.29, 1.82) is 0 Å². The van der Waals surface area contributed by atoms with Crippen LogP contribution in [0.5, 0.6) is 0 Å². The number of aromatic nitrogens is 3. The van der Waals surface area contributed by atoms with Gasteiger partial charge in [-0.05, 0) is 50.3 Å². The van der Waals surface area contributed by atoms with Crippen LogP contribution < -0.4 is 0 Å². The molecule has 1 atom stereocenters. The van der Waals surface area contributed by atoms with E-state index < -0.39 is 0 Å². The lowest BCUT2D eigenvalue weighted by Gasteiger charge is -2.34. The van der Waals surface area contributed by atoms with Crippen molar-refractivity contribution < 1.29 is 4.79 Å². The topological polar surface area (TPSA) is 51.0 Å². The summed E-state index contributed by atoms with van der Waals surface area (Å²) in [6.45, 7) is 6.71. The van der Waals surface area contributed by atoms with E-state index in [1.165, 1.54) is 5.69 Å². The molecule has 4 rings (SSSR count).